The summed E-state index contributed by atoms with van der Waals surface area (Å²) in [7, 11) is 0. The van der Waals surface area contributed by atoms with Gasteiger partial charge in [0.15, 0.2) is 5.78 Å². The van der Waals surface area contributed by atoms with E-state index in [0.717, 1.165) is 17.2 Å². The SMILES string of the molecule is CC1(C)C[C@]2(C=C(N)C1=O)CCN(C(=O)c1ccc3cc(F)ccc3c1)C2. The maximum Gasteiger partial charge on any atom is 0.253 e. The van der Waals surface area contributed by atoms with Crippen LogP contribution in [0.5, 0.6) is 0 Å². The van der Waals surface area contributed by atoms with Gasteiger partial charge in [0.25, 0.3) is 5.91 Å². The number of carbonyl (C=O) groups is 2. The fraction of sp³-hybridized carbons (Fsp3) is 0.364. The lowest BCUT2D eigenvalue weighted by Gasteiger charge is -2.39. The van der Waals surface area contributed by atoms with E-state index >= 15 is 0 Å². The second kappa shape index (κ2) is 5.91. The van der Waals surface area contributed by atoms with Gasteiger partial charge in [-0.3, -0.25) is 9.59 Å². The number of hydrogen-bond acceptors (Lipinski definition) is 3. The third kappa shape index (κ3) is 3.01. The van der Waals surface area contributed by atoms with Gasteiger partial charge in [-0.05, 0) is 54.0 Å². The van der Waals surface area contributed by atoms with Crippen molar-refractivity contribution in [1.82, 2.24) is 4.90 Å². The Balaban J connectivity index is 1.60. The summed E-state index contributed by atoms with van der Waals surface area (Å²) in [4.78, 5) is 27.1. The number of hydrogen-bond donors (Lipinski definition) is 1. The molecule has 1 amide bonds. The van der Waals surface area contributed by atoms with Crippen LogP contribution in [0, 0.1) is 16.6 Å². The van der Waals surface area contributed by atoms with E-state index in [1.807, 2.05) is 24.8 Å². The lowest BCUT2D eigenvalue weighted by atomic mass is 9.65. The Morgan fingerprint density at radius 2 is 1.85 bits per heavy atom. The molecule has 5 heteroatoms. The van der Waals surface area contributed by atoms with Gasteiger partial charge in [0, 0.05) is 29.5 Å². The average molecular weight is 366 g/mol. The second-order valence-corrected chi connectivity index (χ2v) is 8.53. The molecule has 1 heterocycles. The van der Waals surface area contributed by atoms with E-state index in [4.69, 9.17) is 5.73 Å². The number of allylic oxidation sites excluding steroid dienone is 1. The van der Waals surface area contributed by atoms with Crippen molar-refractivity contribution in [3.63, 3.8) is 0 Å². The lowest BCUT2D eigenvalue weighted by molar-refractivity contribution is -0.125. The maximum absolute atomic E-state index is 13.4. The van der Waals surface area contributed by atoms with Crippen LogP contribution in [0.3, 0.4) is 0 Å². The van der Waals surface area contributed by atoms with Crippen LogP contribution in [0.15, 0.2) is 48.2 Å². The van der Waals surface area contributed by atoms with E-state index in [2.05, 4.69) is 0 Å². The fourth-order valence-electron chi connectivity index (χ4n) is 4.66. The molecule has 4 rings (SSSR count). The van der Waals surface area contributed by atoms with Crippen molar-refractivity contribution in [2.24, 2.45) is 16.6 Å². The molecule has 0 unspecified atom stereocenters. The number of benzene rings is 2. The van der Waals surface area contributed by atoms with E-state index < -0.39 is 5.41 Å². The van der Waals surface area contributed by atoms with Crippen molar-refractivity contribution in [3.8, 4) is 0 Å². The molecule has 4 nitrogen and oxygen atoms in total. The molecule has 0 radical (unpaired) electrons. The number of ketones is 1. The zero-order valence-electron chi connectivity index (χ0n) is 15.6. The van der Waals surface area contributed by atoms with E-state index in [1.165, 1.54) is 12.1 Å². The standard InChI is InChI=1S/C22H23FN2O2/c1-21(2)12-22(11-18(24)19(21)26)7-8-25(13-22)20(27)16-4-3-15-10-17(23)6-5-14(15)9-16/h3-6,9-11H,7-8,12-13,24H2,1-2H3/t22-/m1/s1. The fourth-order valence-corrected chi connectivity index (χ4v) is 4.66. The quantitative estimate of drug-likeness (QED) is 0.838. The highest BCUT2D eigenvalue weighted by atomic mass is 19.1. The zero-order valence-corrected chi connectivity index (χ0v) is 15.6. The number of carbonyl (C=O) groups excluding carboxylic acids is 2. The Kier molecular flexibility index (Phi) is 3.88. The number of nitrogens with zero attached hydrogens (tertiary/aromatic N) is 1. The number of halogens is 1. The van der Waals surface area contributed by atoms with E-state index in [0.29, 0.717) is 30.8 Å². The van der Waals surface area contributed by atoms with Gasteiger partial charge in [0.05, 0.1) is 5.70 Å². The summed E-state index contributed by atoms with van der Waals surface area (Å²) < 4.78 is 13.4. The van der Waals surface area contributed by atoms with Crippen LogP contribution in [0.1, 0.15) is 37.0 Å². The highest BCUT2D eigenvalue weighted by Gasteiger charge is 2.48. The number of Topliss-reactive ketones (excluding diaryl/α,β-unsaturated/α-hetero) is 1. The molecule has 27 heavy (non-hydrogen) atoms. The van der Waals surface area contributed by atoms with Gasteiger partial charge < -0.3 is 10.6 Å². The predicted molar refractivity (Wildman–Crippen MR) is 103 cm³/mol. The number of likely N-dealkylation sites (tertiary alicyclic amines) is 1. The molecule has 140 valence electrons. The Labute approximate surface area is 157 Å². The molecule has 1 fully saturated rings. The minimum Gasteiger partial charge on any atom is -0.396 e. The first-order chi connectivity index (χ1) is 12.7. The Morgan fingerprint density at radius 1 is 1.15 bits per heavy atom. The maximum atomic E-state index is 13.4. The van der Waals surface area contributed by atoms with Crippen LogP contribution in [-0.2, 0) is 4.79 Å². The summed E-state index contributed by atoms with van der Waals surface area (Å²) in [6.45, 7) is 5.03. The Bertz CT molecular complexity index is 995. The van der Waals surface area contributed by atoms with Crippen LogP contribution in [0.4, 0.5) is 4.39 Å². The first-order valence-electron chi connectivity index (χ1n) is 9.21. The molecular formula is C22H23FN2O2. The zero-order chi connectivity index (χ0) is 19.4. The molecule has 1 aliphatic carbocycles. The second-order valence-electron chi connectivity index (χ2n) is 8.53. The van der Waals surface area contributed by atoms with Crippen molar-refractivity contribution in [2.45, 2.75) is 26.7 Å². The summed E-state index contributed by atoms with van der Waals surface area (Å²) in [6, 6.07) is 9.87. The highest BCUT2D eigenvalue weighted by molar-refractivity contribution is 6.00. The third-order valence-corrected chi connectivity index (χ3v) is 5.85. The first kappa shape index (κ1) is 17.7. The smallest absolute Gasteiger partial charge is 0.253 e. The van der Waals surface area contributed by atoms with Gasteiger partial charge in [-0.25, -0.2) is 4.39 Å². The van der Waals surface area contributed by atoms with Crippen molar-refractivity contribution in [3.05, 3.63) is 59.6 Å². The van der Waals surface area contributed by atoms with Crippen molar-refractivity contribution < 1.29 is 14.0 Å². The number of amides is 1. The van der Waals surface area contributed by atoms with E-state index in [-0.39, 0.29) is 22.9 Å². The molecule has 2 aliphatic rings. The molecule has 1 spiro atoms. The summed E-state index contributed by atoms with van der Waals surface area (Å²) in [5, 5.41) is 1.61. The summed E-state index contributed by atoms with van der Waals surface area (Å²) in [5.41, 5.74) is 6.15. The average Bonchev–Trinajstić information content (AvgIpc) is 3.01. The van der Waals surface area contributed by atoms with Crippen LogP contribution in [0.25, 0.3) is 10.8 Å². The molecule has 0 bridgehead atoms. The predicted octanol–water partition coefficient (Wildman–Crippen LogP) is 3.65. The molecule has 2 N–H and O–H groups in total. The van der Waals surface area contributed by atoms with E-state index in [9.17, 15) is 14.0 Å². The van der Waals surface area contributed by atoms with Crippen LogP contribution < -0.4 is 5.73 Å². The number of fused-ring (bicyclic) bond motifs is 1. The van der Waals surface area contributed by atoms with Gasteiger partial charge in [0.2, 0.25) is 0 Å². The van der Waals surface area contributed by atoms with Crippen LogP contribution >= 0.6 is 0 Å². The monoisotopic (exact) mass is 366 g/mol. The summed E-state index contributed by atoms with van der Waals surface area (Å²) >= 11 is 0. The van der Waals surface area contributed by atoms with Gasteiger partial charge in [-0.2, -0.15) is 0 Å². The molecule has 1 aliphatic heterocycles. The third-order valence-electron chi connectivity index (χ3n) is 5.85. The normalized spacial score (nSPS) is 24.5. The topological polar surface area (TPSA) is 63.4 Å². The van der Waals surface area contributed by atoms with Crippen molar-refractivity contribution in [1.29, 1.82) is 0 Å². The minimum atomic E-state index is -0.509. The largest absolute Gasteiger partial charge is 0.396 e. The Hall–Kier alpha value is -2.69. The number of rotatable bonds is 1. The Morgan fingerprint density at radius 3 is 2.59 bits per heavy atom. The molecule has 1 atom stereocenters. The molecule has 0 saturated carbocycles. The van der Waals surface area contributed by atoms with Crippen LogP contribution in [-0.4, -0.2) is 29.7 Å². The highest BCUT2D eigenvalue weighted by Crippen LogP contribution is 2.47. The molecule has 2 aromatic rings. The number of nitrogens with two attached hydrogens (primary N) is 1. The van der Waals surface area contributed by atoms with Crippen molar-refractivity contribution >= 4 is 22.5 Å². The molecule has 2 aromatic carbocycles. The van der Waals surface area contributed by atoms with Gasteiger partial charge >= 0.3 is 0 Å². The summed E-state index contributed by atoms with van der Waals surface area (Å²) in [5.74, 6) is -0.346. The molecule has 1 saturated heterocycles. The summed E-state index contributed by atoms with van der Waals surface area (Å²) in [6.07, 6.45) is 3.37. The first-order valence-corrected chi connectivity index (χ1v) is 9.21. The van der Waals surface area contributed by atoms with Crippen LogP contribution in [0.2, 0.25) is 0 Å². The van der Waals surface area contributed by atoms with Gasteiger partial charge in [-0.1, -0.05) is 26.0 Å². The van der Waals surface area contributed by atoms with Gasteiger partial charge in [0.1, 0.15) is 5.82 Å². The van der Waals surface area contributed by atoms with E-state index in [1.54, 1.807) is 24.3 Å². The molecule has 0 aromatic heterocycles. The van der Waals surface area contributed by atoms with Crippen molar-refractivity contribution in [2.75, 3.05) is 13.1 Å². The molecular weight excluding hydrogens is 343 g/mol. The lowest BCUT2D eigenvalue weighted by Crippen LogP contribution is -2.42. The minimum absolute atomic E-state index is 0.0142. The van der Waals surface area contributed by atoms with Gasteiger partial charge in [-0.15, -0.1) is 0 Å².